The first-order valence-electron chi connectivity index (χ1n) is 5.07. The Balaban J connectivity index is 3.63. The first-order chi connectivity index (χ1) is 8.48. The van der Waals surface area contributed by atoms with Crippen LogP contribution in [-0.4, -0.2) is 0 Å². The number of benzene rings is 1. The number of rotatable bonds is 2. The lowest BCUT2D eigenvalue weighted by Gasteiger charge is -2.19. The van der Waals surface area contributed by atoms with Crippen LogP contribution in [0.25, 0.3) is 0 Å². The summed E-state index contributed by atoms with van der Waals surface area (Å²) in [6.45, 7) is 1.29. The van der Waals surface area contributed by atoms with E-state index in [2.05, 4.69) is 0 Å². The van der Waals surface area contributed by atoms with E-state index in [0.717, 1.165) is 0 Å². The van der Waals surface area contributed by atoms with Crippen LogP contribution in [0.2, 0.25) is 0 Å². The van der Waals surface area contributed by atoms with E-state index in [0.29, 0.717) is 0 Å². The summed E-state index contributed by atoms with van der Waals surface area (Å²) in [6, 6.07) is 0.0244. The van der Waals surface area contributed by atoms with Gasteiger partial charge in [-0.2, -0.15) is 26.3 Å². The zero-order chi connectivity index (χ0) is 15.0. The van der Waals surface area contributed by atoms with E-state index in [-0.39, 0.29) is 18.6 Å². The molecule has 0 aromatic heterocycles. The van der Waals surface area contributed by atoms with Gasteiger partial charge in [0.2, 0.25) is 0 Å². The summed E-state index contributed by atoms with van der Waals surface area (Å²) in [6.07, 6.45) is -14.1. The molecule has 0 unspecified atom stereocenters. The molecule has 0 spiro atoms. The molecule has 0 amide bonds. The minimum absolute atomic E-state index is 0.119. The molecule has 0 heterocycles. The lowest BCUT2D eigenvalue weighted by atomic mass is 9.96. The molecule has 0 fully saturated rings. The highest BCUT2D eigenvalue weighted by Crippen LogP contribution is 2.42. The van der Waals surface area contributed by atoms with Crippen LogP contribution < -0.4 is 0 Å². The van der Waals surface area contributed by atoms with E-state index in [4.69, 9.17) is 0 Å². The fraction of sp³-hybridized carbons (Fsp3) is 0.455. The molecule has 19 heavy (non-hydrogen) atoms. The highest BCUT2D eigenvalue weighted by molar-refractivity contribution is 5.42. The van der Waals surface area contributed by atoms with Gasteiger partial charge in [-0.15, -0.1) is 0 Å². The van der Waals surface area contributed by atoms with Crippen LogP contribution in [-0.2, 0) is 18.8 Å². The van der Waals surface area contributed by atoms with E-state index in [1.165, 1.54) is 6.92 Å². The van der Waals surface area contributed by atoms with Crippen molar-refractivity contribution in [3.8, 4) is 0 Å². The maximum atomic E-state index is 12.6. The predicted molar refractivity (Wildman–Crippen MR) is 50.8 cm³/mol. The quantitative estimate of drug-likeness (QED) is 0.655. The highest BCUT2D eigenvalue weighted by atomic mass is 19.4. The molecule has 0 saturated carbocycles. The normalized spacial score (nSPS) is 13.2. The summed E-state index contributed by atoms with van der Waals surface area (Å²) in [4.78, 5) is 0. The molecule has 0 atom stereocenters. The largest absolute Gasteiger partial charge is 0.417 e. The van der Waals surface area contributed by atoms with E-state index in [1.807, 2.05) is 0 Å². The summed E-state index contributed by atoms with van der Waals surface area (Å²) in [5, 5.41) is 0. The molecule has 0 radical (unpaired) electrons. The minimum Gasteiger partial charge on any atom is -0.205 e. The van der Waals surface area contributed by atoms with Gasteiger partial charge in [-0.25, -0.2) is 8.78 Å². The molecule has 0 nitrogen and oxygen atoms in total. The average molecular weight is 292 g/mol. The maximum absolute atomic E-state index is 12.6. The second kappa shape index (κ2) is 4.97. The summed E-state index contributed by atoms with van der Waals surface area (Å²) >= 11 is 0. The topological polar surface area (TPSA) is 0 Å². The number of hydrogen-bond acceptors (Lipinski definition) is 0. The molecule has 0 bridgehead atoms. The van der Waals surface area contributed by atoms with Crippen LogP contribution in [0.15, 0.2) is 12.1 Å². The summed E-state index contributed by atoms with van der Waals surface area (Å²) < 4.78 is 100. The Morgan fingerprint density at radius 3 is 1.63 bits per heavy atom. The zero-order valence-corrected chi connectivity index (χ0v) is 9.46. The van der Waals surface area contributed by atoms with Gasteiger partial charge in [-0.1, -0.05) is 6.92 Å². The molecular formula is C11H8F8. The van der Waals surface area contributed by atoms with Gasteiger partial charge in [0.1, 0.15) is 0 Å². The molecule has 108 valence electrons. The highest BCUT2D eigenvalue weighted by Gasteiger charge is 2.44. The summed E-state index contributed by atoms with van der Waals surface area (Å²) in [5.41, 5.74) is -5.51. The fourth-order valence-electron chi connectivity index (χ4n) is 1.64. The van der Waals surface area contributed by atoms with Gasteiger partial charge in [0.25, 0.3) is 6.43 Å². The second-order valence-corrected chi connectivity index (χ2v) is 3.75. The van der Waals surface area contributed by atoms with Crippen LogP contribution >= 0.6 is 0 Å². The van der Waals surface area contributed by atoms with Gasteiger partial charge >= 0.3 is 12.4 Å². The Kier molecular flexibility index (Phi) is 4.11. The van der Waals surface area contributed by atoms with Crippen LogP contribution in [0, 0.1) is 0 Å². The second-order valence-electron chi connectivity index (χ2n) is 3.75. The van der Waals surface area contributed by atoms with Crippen molar-refractivity contribution in [1.29, 1.82) is 0 Å². The Bertz CT molecular complexity index is 455. The molecule has 1 aromatic rings. The Morgan fingerprint density at radius 2 is 1.32 bits per heavy atom. The molecule has 1 rings (SSSR count). The summed E-state index contributed by atoms with van der Waals surface area (Å²) in [7, 11) is 0. The van der Waals surface area contributed by atoms with Gasteiger partial charge in [-0.05, 0) is 24.1 Å². The maximum Gasteiger partial charge on any atom is 0.417 e. The van der Waals surface area contributed by atoms with Crippen molar-refractivity contribution in [3.05, 3.63) is 34.4 Å². The number of aryl methyl sites for hydroxylation is 1. The smallest absolute Gasteiger partial charge is 0.205 e. The molecule has 0 aliphatic heterocycles. The monoisotopic (exact) mass is 292 g/mol. The Hall–Kier alpha value is -1.34. The van der Waals surface area contributed by atoms with Gasteiger partial charge < -0.3 is 0 Å². The molecule has 8 heteroatoms. The van der Waals surface area contributed by atoms with Crippen molar-refractivity contribution in [2.45, 2.75) is 32.1 Å². The van der Waals surface area contributed by atoms with E-state index >= 15 is 0 Å². The lowest BCUT2D eigenvalue weighted by molar-refractivity contribution is -0.162. The van der Waals surface area contributed by atoms with E-state index < -0.39 is 41.0 Å². The number of halogens is 8. The predicted octanol–water partition coefficient (Wildman–Crippen LogP) is 5.22. The average Bonchev–Trinajstić information content (AvgIpc) is 2.24. The van der Waals surface area contributed by atoms with Crippen LogP contribution in [0.4, 0.5) is 35.1 Å². The van der Waals surface area contributed by atoms with Gasteiger partial charge in [0.15, 0.2) is 0 Å². The van der Waals surface area contributed by atoms with Crippen LogP contribution in [0.1, 0.15) is 35.6 Å². The van der Waals surface area contributed by atoms with Gasteiger partial charge in [0, 0.05) is 5.56 Å². The molecule has 0 aliphatic rings. The zero-order valence-electron chi connectivity index (χ0n) is 9.46. The Morgan fingerprint density at radius 1 is 0.895 bits per heavy atom. The van der Waals surface area contributed by atoms with Crippen LogP contribution in [0.5, 0.6) is 0 Å². The summed E-state index contributed by atoms with van der Waals surface area (Å²) in [5.74, 6) is 0. The van der Waals surface area contributed by atoms with E-state index in [1.54, 1.807) is 0 Å². The first kappa shape index (κ1) is 15.7. The van der Waals surface area contributed by atoms with Crippen molar-refractivity contribution in [2.75, 3.05) is 0 Å². The molecule has 0 N–H and O–H groups in total. The fourth-order valence-corrected chi connectivity index (χ4v) is 1.64. The molecule has 1 aromatic carbocycles. The van der Waals surface area contributed by atoms with Crippen molar-refractivity contribution < 1.29 is 35.1 Å². The third-order valence-electron chi connectivity index (χ3n) is 2.51. The first-order valence-corrected chi connectivity index (χ1v) is 5.07. The van der Waals surface area contributed by atoms with Gasteiger partial charge in [-0.3, -0.25) is 0 Å². The third-order valence-corrected chi connectivity index (χ3v) is 2.51. The molecule has 0 aliphatic carbocycles. The van der Waals surface area contributed by atoms with E-state index in [9.17, 15) is 35.1 Å². The van der Waals surface area contributed by atoms with Crippen molar-refractivity contribution >= 4 is 0 Å². The molecule has 0 saturated heterocycles. The number of alkyl halides is 8. The van der Waals surface area contributed by atoms with Crippen molar-refractivity contribution in [3.63, 3.8) is 0 Å². The SMILES string of the molecule is CCc1cc(C(F)(F)F)c(C(F)(F)F)cc1C(F)F. The van der Waals surface area contributed by atoms with Crippen molar-refractivity contribution in [1.82, 2.24) is 0 Å². The Labute approximate surface area is 103 Å². The van der Waals surface area contributed by atoms with Crippen LogP contribution in [0.3, 0.4) is 0 Å². The third kappa shape index (κ3) is 3.36. The minimum atomic E-state index is -5.35. The lowest BCUT2D eigenvalue weighted by Crippen LogP contribution is -2.18. The van der Waals surface area contributed by atoms with Gasteiger partial charge in [0.05, 0.1) is 11.1 Å². The standard InChI is InChI=1S/C11H8F8/c1-2-5-3-7(10(14,15)16)8(11(17,18)19)4-6(5)9(12)13/h3-4,9H,2H2,1H3. The number of hydrogen-bond donors (Lipinski definition) is 0. The van der Waals surface area contributed by atoms with Crippen molar-refractivity contribution in [2.24, 2.45) is 0 Å². The molecular weight excluding hydrogens is 284 g/mol.